The third-order valence-electron chi connectivity index (χ3n) is 14.7. The van der Waals surface area contributed by atoms with Crippen molar-refractivity contribution in [3.8, 4) is 0 Å². The summed E-state index contributed by atoms with van der Waals surface area (Å²) in [6, 6.07) is 53.1. The summed E-state index contributed by atoms with van der Waals surface area (Å²) in [5.74, 6) is 0. The molecule has 7 heteroatoms. The average Bonchev–Trinajstić information content (AvgIpc) is 3.69. The Balaban J connectivity index is 0.000000128. The van der Waals surface area contributed by atoms with Crippen LogP contribution in [0.2, 0.25) is 0 Å². The number of pyridine rings is 7. The number of benzene rings is 7. The molecule has 0 radical (unpaired) electrons. The van der Waals surface area contributed by atoms with Crippen molar-refractivity contribution in [1.82, 2.24) is 34.9 Å². The maximum Gasteiger partial charge on any atom is 0.0379 e. The monoisotopic (exact) mass is 1100 g/mol. The minimum Gasteiger partial charge on any atom is -0.264 e. The minimum absolute atomic E-state index is 1.08. The van der Waals surface area contributed by atoms with E-state index in [2.05, 4.69) is 256 Å². The average molecular weight is 1100 g/mol. The van der Waals surface area contributed by atoms with Gasteiger partial charge in [-0.1, -0.05) is 138 Å². The number of aryl methyl sites for hydroxylation is 14. The van der Waals surface area contributed by atoms with E-state index in [0.29, 0.717) is 0 Å². The zero-order valence-electron chi connectivity index (χ0n) is 51.3. The lowest BCUT2D eigenvalue weighted by molar-refractivity contribution is 1.22. The van der Waals surface area contributed by atoms with Gasteiger partial charge in [-0.25, -0.2) is 0 Å². The summed E-state index contributed by atoms with van der Waals surface area (Å²) in [7, 11) is 0. The summed E-state index contributed by atoms with van der Waals surface area (Å²) in [4.78, 5) is 29.5. The molecule has 0 fully saturated rings. The van der Waals surface area contributed by atoms with Gasteiger partial charge in [0.2, 0.25) is 0 Å². The van der Waals surface area contributed by atoms with Gasteiger partial charge in [-0.05, 0) is 204 Å². The van der Waals surface area contributed by atoms with Crippen LogP contribution < -0.4 is 0 Å². The van der Waals surface area contributed by atoms with Crippen molar-refractivity contribution in [3.05, 3.63) is 292 Å². The first-order valence-electron chi connectivity index (χ1n) is 28.6. The van der Waals surface area contributed by atoms with E-state index in [1.54, 1.807) is 0 Å². The SMILES string of the molecule is Cc1cc2c(C)cccc2cn1.Cc1cc2cccc(C)c2cn1.Cc1ccc2c(C)cncc2c1.Cc1ccc2cc(C)ncc2c1.Cc1ccc2cnc(C)cc2c1.Cc1ccc2cncc(C)c2c1.Cc1cccc2cncc(C)c12. The molecule has 0 aliphatic heterocycles. The second-order valence-electron chi connectivity index (χ2n) is 22.1. The minimum atomic E-state index is 1.08. The normalized spacial score (nSPS) is 10.5. The van der Waals surface area contributed by atoms with E-state index in [0.717, 1.165) is 22.8 Å². The van der Waals surface area contributed by atoms with Crippen molar-refractivity contribution >= 4 is 75.4 Å². The van der Waals surface area contributed by atoms with Gasteiger partial charge >= 0.3 is 0 Å². The standard InChI is InChI=1S/7C11H11N/c1-8-3-4-11-9(2)6-12-7-10(11)5-8;1-8-3-4-10-7-12-6-9(2)11(10)5-8;1-8-3-4-10-7-12-9(2)6-11(10)5-8;1-8-3-4-10-6-9(2)12-7-11(10)5-8;1-8-4-3-5-10-7-12-6-9(2)11(8)10;1-8-4-3-5-10-7-12-9(2)6-11(8)10;1-8-4-3-5-10-6-9(2)12-7-11(8)10/h7*3-7H,1-2H3. The van der Waals surface area contributed by atoms with Gasteiger partial charge in [0, 0.05) is 122 Å². The fourth-order valence-electron chi connectivity index (χ4n) is 10.1. The number of aromatic nitrogens is 7. The summed E-state index contributed by atoms with van der Waals surface area (Å²) in [5.41, 5.74) is 17.2. The lowest BCUT2D eigenvalue weighted by Gasteiger charge is -2.03. The quantitative estimate of drug-likeness (QED) is 0.149. The van der Waals surface area contributed by atoms with Crippen LogP contribution in [0.25, 0.3) is 75.4 Å². The van der Waals surface area contributed by atoms with Crippen molar-refractivity contribution in [2.75, 3.05) is 0 Å². The Bertz CT molecular complexity index is 4240. The summed E-state index contributed by atoms with van der Waals surface area (Å²) in [5, 5.41) is 17.7. The first-order valence-corrected chi connectivity index (χ1v) is 28.6. The molecule has 0 aliphatic carbocycles. The Morgan fingerprint density at radius 2 is 0.607 bits per heavy atom. The fraction of sp³-hybridized carbons (Fsp3) is 0.182. The van der Waals surface area contributed by atoms with Crippen LogP contribution in [0.1, 0.15) is 78.4 Å². The molecule has 7 aromatic carbocycles. The fourth-order valence-corrected chi connectivity index (χ4v) is 10.1. The van der Waals surface area contributed by atoms with Crippen LogP contribution in [0.4, 0.5) is 0 Å². The molecular weight excluding hydrogens is 1020 g/mol. The Hall–Kier alpha value is -9.59. The largest absolute Gasteiger partial charge is 0.264 e. The van der Waals surface area contributed by atoms with Crippen LogP contribution in [0.3, 0.4) is 0 Å². The molecule has 14 rings (SSSR count). The second-order valence-corrected chi connectivity index (χ2v) is 22.1. The third-order valence-corrected chi connectivity index (χ3v) is 14.7. The van der Waals surface area contributed by atoms with E-state index >= 15 is 0 Å². The van der Waals surface area contributed by atoms with Crippen LogP contribution in [-0.2, 0) is 0 Å². The van der Waals surface area contributed by atoms with Crippen LogP contribution >= 0.6 is 0 Å². The zero-order valence-corrected chi connectivity index (χ0v) is 51.3. The lowest BCUT2D eigenvalue weighted by Crippen LogP contribution is -1.83. The van der Waals surface area contributed by atoms with E-state index < -0.39 is 0 Å². The second kappa shape index (κ2) is 28.4. The number of rotatable bonds is 0. The number of hydrogen-bond acceptors (Lipinski definition) is 7. The van der Waals surface area contributed by atoms with Crippen molar-refractivity contribution in [1.29, 1.82) is 0 Å². The highest BCUT2D eigenvalue weighted by Crippen LogP contribution is 2.23. The van der Waals surface area contributed by atoms with E-state index in [1.165, 1.54) is 131 Å². The molecule has 7 heterocycles. The molecule has 0 spiro atoms. The molecule has 14 aromatic rings. The maximum atomic E-state index is 4.27. The smallest absolute Gasteiger partial charge is 0.0379 e. The summed E-state index contributed by atoms with van der Waals surface area (Å²) < 4.78 is 0. The molecular formula is C77H77N7. The zero-order chi connectivity index (χ0) is 59.9. The van der Waals surface area contributed by atoms with Gasteiger partial charge in [-0.2, -0.15) is 0 Å². The van der Waals surface area contributed by atoms with Gasteiger partial charge in [0.25, 0.3) is 0 Å². The Kier molecular flexibility index (Phi) is 20.5. The van der Waals surface area contributed by atoms with E-state index in [-0.39, 0.29) is 0 Å². The Morgan fingerprint density at radius 3 is 1.26 bits per heavy atom. The van der Waals surface area contributed by atoms with Crippen LogP contribution in [0.15, 0.2) is 214 Å². The summed E-state index contributed by atoms with van der Waals surface area (Å²) in [6.07, 6.45) is 19.2. The van der Waals surface area contributed by atoms with Crippen LogP contribution in [0.5, 0.6) is 0 Å². The van der Waals surface area contributed by atoms with Gasteiger partial charge in [0.05, 0.1) is 0 Å². The highest BCUT2D eigenvalue weighted by atomic mass is 14.7. The molecule has 420 valence electrons. The summed E-state index contributed by atoms with van der Waals surface area (Å²) >= 11 is 0. The van der Waals surface area contributed by atoms with E-state index in [4.69, 9.17) is 0 Å². The molecule has 7 nitrogen and oxygen atoms in total. The molecule has 0 unspecified atom stereocenters. The number of hydrogen-bond donors (Lipinski definition) is 0. The molecule has 0 N–H and O–H groups in total. The molecule has 0 bridgehead atoms. The molecule has 84 heavy (non-hydrogen) atoms. The van der Waals surface area contributed by atoms with Crippen molar-refractivity contribution in [2.45, 2.75) is 96.9 Å². The van der Waals surface area contributed by atoms with E-state index in [1.807, 2.05) is 89.7 Å². The molecule has 0 aliphatic rings. The van der Waals surface area contributed by atoms with Gasteiger partial charge < -0.3 is 0 Å². The number of nitrogens with zero attached hydrogens (tertiary/aromatic N) is 7. The molecule has 0 saturated carbocycles. The number of fused-ring (bicyclic) bond motifs is 7. The Morgan fingerprint density at radius 1 is 0.202 bits per heavy atom. The highest BCUT2D eigenvalue weighted by Gasteiger charge is 2.02. The first-order chi connectivity index (χ1) is 40.4. The van der Waals surface area contributed by atoms with Crippen molar-refractivity contribution in [3.63, 3.8) is 0 Å². The predicted molar refractivity (Wildman–Crippen MR) is 359 cm³/mol. The van der Waals surface area contributed by atoms with Crippen molar-refractivity contribution in [2.24, 2.45) is 0 Å². The van der Waals surface area contributed by atoms with E-state index in [9.17, 15) is 0 Å². The summed E-state index contributed by atoms with van der Waals surface area (Å²) in [6.45, 7) is 29.1. The maximum absolute atomic E-state index is 4.27. The van der Waals surface area contributed by atoms with Gasteiger partial charge in [-0.3, -0.25) is 34.9 Å². The van der Waals surface area contributed by atoms with Crippen LogP contribution in [0, 0.1) is 96.9 Å². The van der Waals surface area contributed by atoms with Crippen LogP contribution in [-0.4, -0.2) is 34.9 Å². The molecule has 0 atom stereocenters. The molecule has 0 amide bonds. The lowest BCUT2D eigenvalue weighted by atomic mass is 10.0. The van der Waals surface area contributed by atoms with Gasteiger partial charge in [-0.15, -0.1) is 0 Å². The van der Waals surface area contributed by atoms with Gasteiger partial charge in [0.1, 0.15) is 0 Å². The van der Waals surface area contributed by atoms with Gasteiger partial charge in [0.15, 0.2) is 0 Å². The first kappa shape index (κ1) is 60.5. The molecule has 7 aromatic heterocycles. The third kappa shape index (κ3) is 16.3. The topological polar surface area (TPSA) is 90.2 Å². The molecule has 0 saturated heterocycles. The highest BCUT2D eigenvalue weighted by molar-refractivity contribution is 5.89. The predicted octanol–water partition coefficient (Wildman–Crippen LogP) is 20.0. The Labute approximate surface area is 496 Å². The van der Waals surface area contributed by atoms with Crippen molar-refractivity contribution < 1.29 is 0 Å².